The molecule has 0 spiro atoms. The molecule has 0 aliphatic carbocycles. The summed E-state index contributed by atoms with van der Waals surface area (Å²) in [5, 5.41) is 2.73. The van der Waals surface area contributed by atoms with Gasteiger partial charge in [0.25, 0.3) is 5.91 Å². The fourth-order valence-corrected chi connectivity index (χ4v) is 5.69. The van der Waals surface area contributed by atoms with Crippen molar-refractivity contribution >= 4 is 25.8 Å². The second kappa shape index (κ2) is 9.05. The molecule has 1 heterocycles. The van der Waals surface area contributed by atoms with E-state index in [1.807, 2.05) is 0 Å². The lowest BCUT2D eigenvalue weighted by molar-refractivity contribution is 0.0939. The summed E-state index contributed by atoms with van der Waals surface area (Å²) in [6.07, 6.45) is 3.48. The summed E-state index contributed by atoms with van der Waals surface area (Å²) < 4.78 is 64.5. The number of carbonyl (C=O) groups is 1. The number of sulfonamides is 1. The van der Waals surface area contributed by atoms with Crippen LogP contribution in [0.5, 0.6) is 0 Å². The molecule has 1 aliphatic heterocycles. The Morgan fingerprint density at radius 1 is 1.00 bits per heavy atom. The third-order valence-corrected chi connectivity index (χ3v) is 8.32. The average molecular weight is 469 g/mol. The highest BCUT2D eigenvalue weighted by Gasteiger charge is 2.29. The van der Waals surface area contributed by atoms with Crippen LogP contribution >= 0.6 is 0 Å². The van der Waals surface area contributed by atoms with E-state index in [0.717, 1.165) is 37.7 Å². The SMILES string of the molecule is CC(NC(=O)c1ccc(F)c(S(=O)(=O)N2CCCCC2)c1)c1ccc(S(C)(=O)=O)cc1. The Kier molecular flexibility index (Phi) is 6.82. The minimum Gasteiger partial charge on any atom is -0.346 e. The van der Waals surface area contributed by atoms with Gasteiger partial charge >= 0.3 is 0 Å². The lowest BCUT2D eigenvalue weighted by Gasteiger charge is -2.26. The van der Waals surface area contributed by atoms with Gasteiger partial charge in [0.05, 0.1) is 10.9 Å². The van der Waals surface area contributed by atoms with E-state index in [9.17, 15) is 26.0 Å². The van der Waals surface area contributed by atoms with Crippen LogP contribution in [0.25, 0.3) is 0 Å². The zero-order valence-corrected chi connectivity index (χ0v) is 19.0. The molecule has 10 heteroatoms. The maximum Gasteiger partial charge on any atom is 0.251 e. The number of carbonyl (C=O) groups excluding carboxylic acids is 1. The Morgan fingerprint density at radius 3 is 2.19 bits per heavy atom. The Hall–Kier alpha value is -2.30. The first-order valence-corrected chi connectivity index (χ1v) is 13.2. The Bertz CT molecular complexity index is 1170. The molecular formula is C21H25FN2O5S2. The standard InChI is InChI=1S/C21H25FN2O5S2/c1-15(16-6-9-18(10-7-16)30(2,26)27)23-21(25)17-8-11-19(22)20(14-17)31(28,29)24-12-4-3-5-13-24/h6-11,14-15H,3-5,12-13H2,1-2H3,(H,23,25). The Labute approximate surface area is 182 Å². The minimum atomic E-state index is -4.03. The van der Waals surface area contributed by atoms with Crippen molar-refractivity contribution in [1.82, 2.24) is 9.62 Å². The van der Waals surface area contributed by atoms with Gasteiger partial charge < -0.3 is 5.32 Å². The highest BCUT2D eigenvalue weighted by atomic mass is 32.2. The second-order valence-electron chi connectivity index (χ2n) is 7.65. The zero-order chi connectivity index (χ0) is 22.8. The molecular weight excluding hydrogens is 443 g/mol. The van der Waals surface area contributed by atoms with Crippen molar-refractivity contribution in [2.75, 3.05) is 19.3 Å². The van der Waals surface area contributed by atoms with Crippen molar-refractivity contribution in [2.24, 2.45) is 0 Å². The summed E-state index contributed by atoms with van der Waals surface area (Å²) in [7, 11) is -7.35. The molecule has 31 heavy (non-hydrogen) atoms. The summed E-state index contributed by atoms with van der Waals surface area (Å²) in [5.74, 6) is -1.46. The molecule has 0 bridgehead atoms. The van der Waals surface area contributed by atoms with Gasteiger partial charge in [-0.05, 0) is 55.7 Å². The molecule has 2 aromatic carbocycles. The van der Waals surface area contributed by atoms with Crippen LogP contribution in [0.4, 0.5) is 4.39 Å². The van der Waals surface area contributed by atoms with Crippen LogP contribution in [0.2, 0.25) is 0 Å². The molecule has 0 radical (unpaired) electrons. The lowest BCUT2D eigenvalue weighted by Crippen LogP contribution is -2.36. The van der Waals surface area contributed by atoms with E-state index in [0.29, 0.717) is 18.7 Å². The van der Waals surface area contributed by atoms with Gasteiger partial charge in [0, 0.05) is 24.9 Å². The molecule has 3 rings (SSSR count). The van der Waals surface area contributed by atoms with Crippen LogP contribution < -0.4 is 5.32 Å². The maximum absolute atomic E-state index is 14.4. The molecule has 1 atom stereocenters. The van der Waals surface area contributed by atoms with Crippen molar-refractivity contribution < 1.29 is 26.0 Å². The number of hydrogen-bond acceptors (Lipinski definition) is 5. The molecule has 0 aromatic heterocycles. The number of sulfone groups is 1. The molecule has 1 amide bonds. The van der Waals surface area contributed by atoms with Gasteiger partial charge in [0.2, 0.25) is 10.0 Å². The monoisotopic (exact) mass is 468 g/mol. The summed E-state index contributed by atoms with van der Waals surface area (Å²) >= 11 is 0. The van der Waals surface area contributed by atoms with E-state index in [1.165, 1.54) is 22.5 Å². The summed E-state index contributed by atoms with van der Waals surface area (Å²) in [6, 6.07) is 8.90. The predicted octanol–water partition coefficient (Wildman–Crippen LogP) is 2.89. The molecule has 0 saturated carbocycles. The second-order valence-corrected chi connectivity index (χ2v) is 11.6. The molecule has 7 nitrogen and oxygen atoms in total. The Balaban J connectivity index is 1.80. The van der Waals surface area contributed by atoms with E-state index in [4.69, 9.17) is 0 Å². The third kappa shape index (κ3) is 5.31. The van der Waals surface area contributed by atoms with Crippen molar-refractivity contribution in [1.29, 1.82) is 0 Å². The molecule has 1 fully saturated rings. The smallest absolute Gasteiger partial charge is 0.251 e. The average Bonchev–Trinajstić information content (AvgIpc) is 2.74. The molecule has 1 saturated heterocycles. The van der Waals surface area contributed by atoms with Gasteiger partial charge in [0.15, 0.2) is 9.84 Å². The van der Waals surface area contributed by atoms with E-state index in [2.05, 4.69) is 5.32 Å². The quantitative estimate of drug-likeness (QED) is 0.703. The molecule has 168 valence electrons. The number of nitrogens with zero attached hydrogens (tertiary/aromatic N) is 1. The van der Waals surface area contributed by atoms with Gasteiger partial charge in [-0.3, -0.25) is 4.79 Å². The van der Waals surface area contributed by atoms with E-state index in [1.54, 1.807) is 19.1 Å². The van der Waals surface area contributed by atoms with Crippen LogP contribution in [0.3, 0.4) is 0 Å². The van der Waals surface area contributed by atoms with Gasteiger partial charge in [-0.25, -0.2) is 21.2 Å². The van der Waals surface area contributed by atoms with Crippen LogP contribution in [0.1, 0.15) is 48.1 Å². The van der Waals surface area contributed by atoms with Crippen LogP contribution in [-0.4, -0.2) is 46.4 Å². The molecule has 1 aliphatic rings. The highest BCUT2D eigenvalue weighted by Crippen LogP contribution is 2.24. The molecule has 1 unspecified atom stereocenters. The van der Waals surface area contributed by atoms with Crippen LogP contribution in [-0.2, 0) is 19.9 Å². The fourth-order valence-electron chi connectivity index (χ4n) is 3.45. The number of benzene rings is 2. The third-order valence-electron chi connectivity index (χ3n) is 5.28. The van der Waals surface area contributed by atoms with E-state index >= 15 is 0 Å². The number of rotatable bonds is 6. The number of halogens is 1. The van der Waals surface area contributed by atoms with Crippen molar-refractivity contribution in [3.8, 4) is 0 Å². The summed E-state index contributed by atoms with van der Waals surface area (Å²) in [5.41, 5.74) is 0.695. The Morgan fingerprint density at radius 2 is 1.61 bits per heavy atom. The summed E-state index contributed by atoms with van der Waals surface area (Å²) in [6.45, 7) is 2.37. The van der Waals surface area contributed by atoms with Crippen molar-refractivity contribution in [2.45, 2.75) is 42.0 Å². The first-order chi connectivity index (χ1) is 14.5. The number of nitrogens with one attached hydrogen (secondary N) is 1. The zero-order valence-electron chi connectivity index (χ0n) is 17.3. The number of hydrogen-bond donors (Lipinski definition) is 1. The number of amides is 1. The molecule has 2 aromatic rings. The van der Waals surface area contributed by atoms with E-state index in [-0.39, 0.29) is 10.5 Å². The van der Waals surface area contributed by atoms with Gasteiger partial charge in [-0.15, -0.1) is 0 Å². The highest BCUT2D eigenvalue weighted by molar-refractivity contribution is 7.90. The van der Waals surface area contributed by atoms with Crippen LogP contribution in [0.15, 0.2) is 52.3 Å². The number of piperidine rings is 1. The van der Waals surface area contributed by atoms with Crippen LogP contribution in [0, 0.1) is 5.82 Å². The van der Waals surface area contributed by atoms with Gasteiger partial charge in [-0.2, -0.15) is 4.31 Å². The maximum atomic E-state index is 14.4. The van der Waals surface area contributed by atoms with Gasteiger partial charge in [-0.1, -0.05) is 18.6 Å². The normalized spacial score (nSPS) is 16.6. The van der Waals surface area contributed by atoms with Gasteiger partial charge in [0.1, 0.15) is 10.7 Å². The largest absolute Gasteiger partial charge is 0.346 e. The van der Waals surface area contributed by atoms with E-state index < -0.39 is 42.5 Å². The van der Waals surface area contributed by atoms with Crippen molar-refractivity contribution in [3.63, 3.8) is 0 Å². The van der Waals surface area contributed by atoms with Crippen molar-refractivity contribution in [3.05, 3.63) is 59.4 Å². The first kappa shape index (κ1) is 23.4. The topological polar surface area (TPSA) is 101 Å². The lowest BCUT2D eigenvalue weighted by atomic mass is 10.1. The summed E-state index contributed by atoms with van der Waals surface area (Å²) in [4.78, 5) is 12.3. The fraction of sp³-hybridized carbons (Fsp3) is 0.381. The molecule has 1 N–H and O–H groups in total. The first-order valence-electron chi connectivity index (χ1n) is 9.91. The minimum absolute atomic E-state index is 0.0246. The predicted molar refractivity (Wildman–Crippen MR) is 114 cm³/mol.